The van der Waals surface area contributed by atoms with Gasteiger partial charge in [0.2, 0.25) is 5.91 Å². The van der Waals surface area contributed by atoms with E-state index in [-0.39, 0.29) is 19.1 Å². The van der Waals surface area contributed by atoms with Crippen LogP contribution in [-0.4, -0.2) is 15.6 Å². The molecule has 3 rings (SSSR count). The largest absolute Gasteiger partial charge is 0.392 e. The van der Waals surface area contributed by atoms with Crippen molar-refractivity contribution in [2.24, 2.45) is 0 Å². The minimum absolute atomic E-state index is 0.0363. The van der Waals surface area contributed by atoms with Crippen LogP contribution in [0.5, 0.6) is 0 Å². The number of aryl methyl sites for hydroxylation is 1. The molecule has 4 heteroatoms. The first-order valence-corrected chi connectivity index (χ1v) is 7.21. The summed E-state index contributed by atoms with van der Waals surface area (Å²) in [5, 5.41) is 13.2. The van der Waals surface area contributed by atoms with Crippen molar-refractivity contribution in [2.45, 2.75) is 20.1 Å². The highest BCUT2D eigenvalue weighted by Crippen LogP contribution is 2.18. The molecule has 0 atom stereocenters. The van der Waals surface area contributed by atoms with Crippen LogP contribution in [0.15, 0.2) is 54.7 Å². The number of hydrogen-bond acceptors (Lipinski definition) is 2. The maximum Gasteiger partial charge on any atom is 0.244 e. The summed E-state index contributed by atoms with van der Waals surface area (Å²) in [6.45, 7) is 2.16. The smallest absolute Gasteiger partial charge is 0.244 e. The fraction of sp³-hybridized carbons (Fsp3) is 0.167. The molecule has 1 amide bonds. The zero-order valence-corrected chi connectivity index (χ0v) is 12.4. The van der Waals surface area contributed by atoms with Crippen LogP contribution in [0.1, 0.15) is 11.1 Å². The molecule has 0 bridgehead atoms. The molecular formula is C18H18N2O2. The van der Waals surface area contributed by atoms with E-state index in [2.05, 4.69) is 5.32 Å². The quantitative estimate of drug-likeness (QED) is 0.777. The Labute approximate surface area is 129 Å². The Morgan fingerprint density at radius 2 is 2.00 bits per heavy atom. The first-order valence-electron chi connectivity index (χ1n) is 7.21. The summed E-state index contributed by atoms with van der Waals surface area (Å²) >= 11 is 0. The first-order chi connectivity index (χ1) is 10.7. The van der Waals surface area contributed by atoms with Crippen LogP contribution in [0.2, 0.25) is 0 Å². The van der Waals surface area contributed by atoms with Crippen LogP contribution in [0, 0.1) is 6.92 Å². The van der Waals surface area contributed by atoms with E-state index >= 15 is 0 Å². The monoisotopic (exact) mass is 294 g/mol. The number of nitrogens with zero attached hydrogens (tertiary/aromatic N) is 1. The molecule has 1 heterocycles. The lowest BCUT2D eigenvalue weighted by atomic mass is 10.1. The Morgan fingerprint density at radius 1 is 1.18 bits per heavy atom. The molecule has 0 aliphatic carbocycles. The van der Waals surface area contributed by atoms with E-state index in [0.29, 0.717) is 0 Å². The van der Waals surface area contributed by atoms with Crippen molar-refractivity contribution >= 4 is 22.5 Å². The van der Waals surface area contributed by atoms with E-state index in [1.54, 1.807) is 6.07 Å². The second kappa shape index (κ2) is 6.03. The maximum absolute atomic E-state index is 12.3. The van der Waals surface area contributed by atoms with Crippen LogP contribution >= 0.6 is 0 Å². The second-order valence-corrected chi connectivity index (χ2v) is 5.36. The first kappa shape index (κ1) is 14.4. The lowest BCUT2D eigenvalue weighted by molar-refractivity contribution is -0.116. The number of nitrogens with one attached hydrogen (secondary N) is 1. The van der Waals surface area contributed by atoms with Gasteiger partial charge in [-0.05, 0) is 41.6 Å². The number of aliphatic hydroxyl groups excluding tert-OH is 1. The van der Waals surface area contributed by atoms with Crippen molar-refractivity contribution in [2.75, 3.05) is 5.32 Å². The fourth-order valence-electron chi connectivity index (χ4n) is 2.53. The summed E-state index contributed by atoms with van der Waals surface area (Å²) in [5.74, 6) is -0.0838. The zero-order chi connectivity index (χ0) is 15.5. The predicted molar refractivity (Wildman–Crippen MR) is 87.7 cm³/mol. The molecule has 2 N–H and O–H groups in total. The molecule has 0 saturated heterocycles. The third-order valence-corrected chi connectivity index (χ3v) is 3.75. The van der Waals surface area contributed by atoms with E-state index in [9.17, 15) is 9.90 Å². The van der Waals surface area contributed by atoms with Crippen LogP contribution in [0.4, 0.5) is 5.69 Å². The van der Waals surface area contributed by atoms with E-state index in [1.165, 1.54) is 0 Å². The highest BCUT2D eigenvalue weighted by atomic mass is 16.3. The number of carbonyl (C=O) groups is 1. The van der Waals surface area contributed by atoms with Gasteiger partial charge in [-0.15, -0.1) is 0 Å². The van der Waals surface area contributed by atoms with E-state index in [0.717, 1.165) is 27.7 Å². The van der Waals surface area contributed by atoms with Crippen molar-refractivity contribution in [3.05, 3.63) is 65.9 Å². The van der Waals surface area contributed by atoms with Crippen molar-refractivity contribution in [1.82, 2.24) is 4.57 Å². The fourth-order valence-corrected chi connectivity index (χ4v) is 2.53. The van der Waals surface area contributed by atoms with Gasteiger partial charge < -0.3 is 15.0 Å². The molecule has 0 fully saturated rings. The van der Waals surface area contributed by atoms with Crippen molar-refractivity contribution in [3.63, 3.8) is 0 Å². The molecule has 1 aromatic heterocycles. The average molecular weight is 294 g/mol. The number of fused-ring (bicyclic) bond motifs is 1. The van der Waals surface area contributed by atoms with Gasteiger partial charge in [0.05, 0.1) is 6.61 Å². The van der Waals surface area contributed by atoms with Gasteiger partial charge >= 0.3 is 0 Å². The predicted octanol–water partition coefficient (Wildman–Crippen LogP) is 3.08. The maximum atomic E-state index is 12.3. The number of carbonyl (C=O) groups excluding carboxylic acids is 1. The minimum atomic E-state index is -0.0838. The Hall–Kier alpha value is -2.59. The lowest BCUT2D eigenvalue weighted by Gasteiger charge is -2.11. The molecule has 3 aromatic rings. The molecule has 2 aromatic carbocycles. The van der Waals surface area contributed by atoms with Gasteiger partial charge in [-0.3, -0.25) is 4.79 Å². The molecular weight excluding hydrogens is 276 g/mol. The molecule has 0 unspecified atom stereocenters. The normalized spacial score (nSPS) is 10.8. The number of hydrogen-bond donors (Lipinski definition) is 2. The molecule has 0 radical (unpaired) electrons. The number of benzene rings is 2. The number of para-hydroxylation sites is 1. The summed E-state index contributed by atoms with van der Waals surface area (Å²) in [5.41, 5.74) is 3.54. The topological polar surface area (TPSA) is 54.3 Å². The van der Waals surface area contributed by atoms with Gasteiger partial charge in [-0.2, -0.15) is 0 Å². The summed E-state index contributed by atoms with van der Waals surface area (Å²) in [7, 11) is 0. The summed E-state index contributed by atoms with van der Waals surface area (Å²) in [6.07, 6.45) is 1.92. The third-order valence-electron chi connectivity index (χ3n) is 3.75. The molecule has 0 aliphatic rings. The van der Waals surface area contributed by atoms with Crippen LogP contribution in [-0.2, 0) is 17.9 Å². The van der Waals surface area contributed by atoms with Gasteiger partial charge in [-0.1, -0.05) is 30.3 Å². The number of anilines is 1. The minimum Gasteiger partial charge on any atom is -0.392 e. The molecule has 0 aliphatic heterocycles. The van der Waals surface area contributed by atoms with Gasteiger partial charge in [0.15, 0.2) is 0 Å². The SMILES string of the molecule is Cc1ccc(CO)cc1NC(=O)Cn1ccc2ccccc21. The summed E-state index contributed by atoms with van der Waals surface area (Å²) in [4.78, 5) is 12.3. The Balaban J connectivity index is 1.78. The highest BCUT2D eigenvalue weighted by Gasteiger charge is 2.08. The standard InChI is InChI=1S/C18H18N2O2/c1-13-6-7-14(12-21)10-16(13)19-18(22)11-20-9-8-15-4-2-3-5-17(15)20/h2-10,21H,11-12H2,1H3,(H,19,22). The van der Waals surface area contributed by atoms with Crippen LogP contribution in [0.25, 0.3) is 10.9 Å². The number of aliphatic hydroxyl groups is 1. The Morgan fingerprint density at radius 3 is 2.82 bits per heavy atom. The zero-order valence-electron chi connectivity index (χ0n) is 12.4. The van der Waals surface area contributed by atoms with Gasteiger partial charge in [0, 0.05) is 17.4 Å². The highest BCUT2D eigenvalue weighted by molar-refractivity contribution is 5.92. The summed E-state index contributed by atoms with van der Waals surface area (Å²) in [6, 6.07) is 15.5. The molecule has 112 valence electrons. The molecule has 22 heavy (non-hydrogen) atoms. The van der Waals surface area contributed by atoms with Crippen molar-refractivity contribution in [3.8, 4) is 0 Å². The number of aromatic nitrogens is 1. The second-order valence-electron chi connectivity index (χ2n) is 5.36. The summed E-state index contributed by atoms with van der Waals surface area (Å²) < 4.78 is 1.93. The van der Waals surface area contributed by atoms with Crippen molar-refractivity contribution < 1.29 is 9.90 Å². The van der Waals surface area contributed by atoms with Gasteiger partial charge in [0.25, 0.3) is 0 Å². The Bertz CT molecular complexity index is 821. The third kappa shape index (κ3) is 2.87. The van der Waals surface area contributed by atoms with Crippen LogP contribution < -0.4 is 5.32 Å². The molecule has 0 spiro atoms. The number of amides is 1. The number of rotatable bonds is 4. The van der Waals surface area contributed by atoms with Crippen molar-refractivity contribution in [1.29, 1.82) is 0 Å². The lowest BCUT2D eigenvalue weighted by Crippen LogP contribution is -2.18. The van der Waals surface area contributed by atoms with Gasteiger partial charge in [-0.25, -0.2) is 0 Å². The van der Waals surface area contributed by atoms with Gasteiger partial charge in [0.1, 0.15) is 6.54 Å². The molecule has 0 saturated carbocycles. The Kier molecular flexibility index (Phi) is 3.94. The average Bonchev–Trinajstić information content (AvgIpc) is 2.93. The van der Waals surface area contributed by atoms with E-state index in [1.807, 2.05) is 60.2 Å². The van der Waals surface area contributed by atoms with Crippen LogP contribution in [0.3, 0.4) is 0 Å². The molecule has 4 nitrogen and oxygen atoms in total. The van der Waals surface area contributed by atoms with E-state index in [4.69, 9.17) is 0 Å². The van der Waals surface area contributed by atoms with E-state index < -0.39 is 0 Å².